The lowest BCUT2D eigenvalue weighted by molar-refractivity contribution is -0.0496. The first-order valence-corrected chi connectivity index (χ1v) is 16.7. The second-order valence-electron chi connectivity index (χ2n) is 9.73. The Hall–Kier alpha value is -2.29. The van der Waals surface area contributed by atoms with Crippen molar-refractivity contribution in [1.29, 1.82) is 0 Å². The van der Waals surface area contributed by atoms with Gasteiger partial charge >= 0.3 is 15.6 Å². The van der Waals surface area contributed by atoms with Crippen LogP contribution in [0.15, 0.2) is 99.6 Å². The molecule has 0 spiro atoms. The highest BCUT2D eigenvalue weighted by atomic mass is 32.3. The SMILES string of the molecule is CCCCCCCCCCCCc1ccc(S(OS(=O)(=O)C(F)(F)F)(c2ccccc2)c2ccccc2)cc1. The normalized spacial score (nSPS) is 12.9. The van der Waals surface area contributed by atoms with Crippen LogP contribution in [0.5, 0.6) is 0 Å². The van der Waals surface area contributed by atoms with E-state index < -0.39 is 25.9 Å². The lowest BCUT2D eigenvalue weighted by Gasteiger charge is -2.39. The molecule has 0 aliphatic rings. The Morgan fingerprint density at radius 2 is 1.00 bits per heavy atom. The third-order valence-electron chi connectivity index (χ3n) is 6.70. The minimum Gasteiger partial charge on any atom is -0.200 e. The van der Waals surface area contributed by atoms with Gasteiger partial charge in [-0.2, -0.15) is 25.2 Å². The minimum absolute atomic E-state index is 0.367. The molecule has 0 bridgehead atoms. The molecule has 0 amide bonds. The van der Waals surface area contributed by atoms with E-state index in [1.54, 1.807) is 72.8 Å². The van der Waals surface area contributed by atoms with Crippen LogP contribution < -0.4 is 0 Å². The number of hydrogen-bond donors (Lipinski definition) is 0. The number of alkyl halides is 3. The molecule has 214 valence electrons. The summed E-state index contributed by atoms with van der Waals surface area (Å²) in [5.74, 6) is 0. The zero-order valence-electron chi connectivity index (χ0n) is 22.5. The number of rotatable bonds is 16. The minimum atomic E-state index is -5.91. The van der Waals surface area contributed by atoms with E-state index in [1.165, 1.54) is 51.4 Å². The standard InChI is InChI=1S/C31H39F3O3S2/c1-2-3-4-5-6-7-8-9-10-13-18-27-23-25-30(26-24-27)38(28-19-14-11-15-20-28,29-21-16-12-17-22-29)37-39(35,36)31(32,33)34/h11-12,14-17,19-26H,2-10,13,18H2,1H3. The molecule has 8 heteroatoms. The predicted molar refractivity (Wildman–Crippen MR) is 153 cm³/mol. The van der Waals surface area contributed by atoms with Crippen molar-refractivity contribution in [3.63, 3.8) is 0 Å². The Kier molecular flexibility index (Phi) is 11.9. The quantitative estimate of drug-likeness (QED) is 0.125. The van der Waals surface area contributed by atoms with Crippen LogP contribution in [0.2, 0.25) is 0 Å². The summed E-state index contributed by atoms with van der Waals surface area (Å²) < 4.78 is 71.0. The third-order valence-corrected chi connectivity index (χ3v) is 11.6. The number of unbranched alkanes of at least 4 members (excludes halogenated alkanes) is 9. The Balaban J connectivity index is 1.79. The Bertz CT molecular complexity index is 1170. The van der Waals surface area contributed by atoms with Gasteiger partial charge in [0, 0.05) is 14.7 Å². The summed E-state index contributed by atoms with van der Waals surface area (Å²) in [7, 11) is -9.15. The molecule has 0 unspecified atom stereocenters. The predicted octanol–water partition coefficient (Wildman–Crippen LogP) is 10.2. The number of hydrogen-bond acceptors (Lipinski definition) is 3. The highest BCUT2D eigenvalue weighted by Gasteiger charge is 2.52. The molecule has 39 heavy (non-hydrogen) atoms. The van der Waals surface area contributed by atoms with Crippen LogP contribution in [0.4, 0.5) is 13.2 Å². The van der Waals surface area contributed by atoms with Gasteiger partial charge in [-0.3, -0.25) is 0 Å². The molecule has 0 saturated carbocycles. The highest BCUT2D eigenvalue weighted by Crippen LogP contribution is 2.70. The van der Waals surface area contributed by atoms with Crippen molar-refractivity contribution in [2.45, 2.75) is 97.7 Å². The third kappa shape index (κ3) is 8.60. The van der Waals surface area contributed by atoms with Crippen LogP contribution in [-0.2, 0) is 20.2 Å². The van der Waals surface area contributed by atoms with Gasteiger partial charge in [-0.05, 0) is 65.1 Å². The van der Waals surface area contributed by atoms with Gasteiger partial charge in [0.1, 0.15) is 0 Å². The summed E-state index contributed by atoms with van der Waals surface area (Å²) in [6.07, 6.45) is 13.3. The van der Waals surface area contributed by atoms with Gasteiger partial charge in [0.25, 0.3) is 0 Å². The van der Waals surface area contributed by atoms with Crippen molar-refractivity contribution < 1.29 is 25.2 Å². The molecule has 0 radical (unpaired) electrons. The maximum absolute atomic E-state index is 13.6. The summed E-state index contributed by atoms with van der Waals surface area (Å²) >= 11 is 0. The molecular formula is C31H39F3O3S2. The van der Waals surface area contributed by atoms with Crippen molar-refractivity contribution in [3.8, 4) is 0 Å². The summed E-state index contributed by atoms with van der Waals surface area (Å²) in [6, 6.07) is 23.8. The first-order valence-electron chi connectivity index (χ1n) is 13.8. The fourth-order valence-corrected chi connectivity index (χ4v) is 9.33. The molecule has 3 aromatic rings. The van der Waals surface area contributed by atoms with Gasteiger partial charge in [-0.1, -0.05) is 113 Å². The van der Waals surface area contributed by atoms with E-state index in [9.17, 15) is 21.6 Å². The molecule has 0 aromatic heterocycles. The zero-order valence-corrected chi connectivity index (χ0v) is 24.2. The van der Waals surface area contributed by atoms with Crippen LogP contribution in [0.3, 0.4) is 0 Å². The average Bonchev–Trinajstić information content (AvgIpc) is 2.93. The average molecular weight is 581 g/mol. The Morgan fingerprint density at radius 3 is 1.44 bits per heavy atom. The van der Waals surface area contributed by atoms with E-state index in [0.29, 0.717) is 14.7 Å². The molecule has 0 aliphatic carbocycles. The fourth-order valence-electron chi connectivity index (χ4n) is 4.59. The smallest absolute Gasteiger partial charge is 0.200 e. The molecule has 3 rings (SSSR count). The molecule has 3 nitrogen and oxygen atoms in total. The molecule has 0 atom stereocenters. The molecule has 0 N–H and O–H groups in total. The van der Waals surface area contributed by atoms with E-state index in [2.05, 4.69) is 6.92 Å². The van der Waals surface area contributed by atoms with E-state index in [0.717, 1.165) is 24.8 Å². The second kappa shape index (κ2) is 14.9. The molecule has 0 aliphatic heterocycles. The number of benzene rings is 3. The Labute approximate surface area is 233 Å². The zero-order chi connectivity index (χ0) is 28.2. The Morgan fingerprint density at radius 1 is 0.590 bits per heavy atom. The van der Waals surface area contributed by atoms with Crippen molar-refractivity contribution in [2.24, 2.45) is 0 Å². The molecular weight excluding hydrogens is 541 g/mol. The fraction of sp³-hybridized carbons (Fsp3) is 0.419. The first kappa shape index (κ1) is 31.2. The van der Waals surface area contributed by atoms with Crippen LogP contribution in [0.25, 0.3) is 0 Å². The maximum Gasteiger partial charge on any atom is 0.524 e. The van der Waals surface area contributed by atoms with E-state index in [4.69, 9.17) is 3.63 Å². The molecule has 0 heterocycles. The maximum atomic E-state index is 13.6. The van der Waals surface area contributed by atoms with Crippen molar-refractivity contribution in [3.05, 3.63) is 90.5 Å². The van der Waals surface area contributed by atoms with Gasteiger partial charge in [0.15, 0.2) is 0 Å². The van der Waals surface area contributed by atoms with Crippen molar-refractivity contribution in [1.82, 2.24) is 0 Å². The van der Waals surface area contributed by atoms with Crippen molar-refractivity contribution in [2.75, 3.05) is 0 Å². The van der Waals surface area contributed by atoms with Crippen LogP contribution >= 0.6 is 10.3 Å². The van der Waals surface area contributed by atoms with Gasteiger partial charge < -0.3 is 0 Å². The number of halogens is 3. The highest BCUT2D eigenvalue weighted by molar-refractivity contribution is 8.33. The van der Waals surface area contributed by atoms with E-state index in [-0.39, 0.29) is 0 Å². The second-order valence-corrected chi connectivity index (χ2v) is 14.2. The molecule has 0 fully saturated rings. The van der Waals surface area contributed by atoms with E-state index >= 15 is 0 Å². The molecule has 0 saturated heterocycles. The van der Waals surface area contributed by atoms with Gasteiger partial charge in [0.2, 0.25) is 0 Å². The van der Waals surface area contributed by atoms with Crippen LogP contribution in [0, 0.1) is 0 Å². The summed E-state index contributed by atoms with van der Waals surface area (Å²) in [6.45, 7) is 2.23. The lowest BCUT2D eigenvalue weighted by Crippen LogP contribution is -2.27. The lowest BCUT2D eigenvalue weighted by atomic mass is 10.0. The monoisotopic (exact) mass is 580 g/mol. The van der Waals surface area contributed by atoms with E-state index in [1.807, 2.05) is 12.1 Å². The van der Waals surface area contributed by atoms with Gasteiger partial charge in [0.05, 0.1) is 0 Å². The largest absolute Gasteiger partial charge is 0.524 e. The molecule has 3 aromatic carbocycles. The summed E-state index contributed by atoms with van der Waals surface area (Å²) in [4.78, 5) is 1.12. The summed E-state index contributed by atoms with van der Waals surface area (Å²) in [5.41, 5.74) is -4.49. The van der Waals surface area contributed by atoms with Crippen LogP contribution in [0.1, 0.15) is 76.7 Å². The van der Waals surface area contributed by atoms with Crippen molar-refractivity contribution >= 4 is 20.4 Å². The first-order chi connectivity index (χ1) is 18.7. The topological polar surface area (TPSA) is 43.4 Å². The van der Waals surface area contributed by atoms with Crippen LogP contribution in [-0.4, -0.2) is 13.9 Å². The number of aryl methyl sites for hydroxylation is 1. The summed E-state index contributed by atoms with van der Waals surface area (Å²) in [5, 5.41) is 0. The van der Waals surface area contributed by atoms with Gasteiger partial charge in [-0.15, -0.1) is 0 Å². The van der Waals surface area contributed by atoms with Gasteiger partial charge in [-0.25, -0.2) is 0 Å².